The minimum Gasteiger partial charge on any atom is -0.392 e. The molecule has 2 atom stereocenters. The third-order valence-corrected chi connectivity index (χ3v) is 3.09. The van der Waals surface area contributed by atoms with Crippen molar-refractivity contribution in [3.63, 3.8) is 0 Å². The second-order valence-corrected chi connectivity index (χ2v) is 5.74. The Hall–Kier alpha value is -0.120. The summed E-state index contributed by atoms with van der Waals surface area (Å²) >= 11 is 0. The lowest BCUT2D eigenvalue weighted by molar-refractivity contribution is 0.0119. The lowest BCUT2D eigenvalue weighted by Gasteiger charge is -2.34. The molecule has 3 nitrogen and oxygen atoms in total. The summed E-state index contributed by atoms with van der Waals surface area (Å²) in [6.45, 7) is 12.1. The zero-order chi connectivity index (χ0) is 12.8. The maximum absolute atomic E-state index is 10.1. The van der Waals surface area contributed by atoms with Gasteiger partial charge in [0.15, 0.2) is 0 Å². The van der Waals surface area contributed by atoms with Gasteiger partial charge in [0.05, 0.1) is 6.10 Å². The molecule has 0 radical (unpaired) electrons. The Morgan fingerprint density at radius 3 is 2.25 bits per heavy atom. The van der Waals surface area contributed by atoms with Gasteiger partial charge in [-0.1, -0.05) is 27.7 Å². The van der Waals surface area contributed by atoms with E-state index in [0.29, 0.717) is 12.0 Å². The second kappa shape index (κ2) is 7.25. The molecule has 0 fully saturated rings. The molecule has 0 aliphatic carbocycles. The van der Waals surface area contributed by atoms with E-state index < -0.39 is 0 Å². The van der Waals surface area contributed by atoms with Gasteiger partial charge in [0.1, 0.15) is 0 Å². The Bertz CT molecular complexity index is 181. The van der Waals surface area contributed by atoms with Crippen LogP contribution in [0, 0.1) is 11.3 Å². The van der Waals surface area contributed by atoms with Gasteiger partial charge >= 0.3 is 0 Å². The summed E-state index contributed by atoms with van der Waals surface area (Å²) in [4.78, 5) is 0. The van der Waals surface area contributed by atoms with Crippen molar-refractivity contribution in [3.05, 3.63) is 0 Å². The largest absolute Gasteiger partial charge is 0.392 e. The summed E-state index contributed by atoms with van der Waals surface area (Å²) in [5.74, 6) is 0.297. The first-order valence-corrected chi connectivity index (χ1v) is 6.21. The van der Waals surface area contributed by atoms with E-state index in [1.54, 1.807) is 7.11 Å². The quantitative estimate of drug-likeness (QED) is 0.672. The van der Waals surface area contributed by atoms with E-state index in [-0.39, 0.29) is 11.5 Å². The Kier molecular flexibility index (Phi) is 7.20. The Labute approximate surface area is 101 Å². The number of rotatable bonds is 8. The monoisotopic (exact) mass is 231 g/mol. The number of aliphatic hydroxyl groups is 1. The van der Waals surface area contributed by atoms with Gasteiger partial charge in [0, 0.05) is 31.7 Å². The highest BCUT2D eigenvalue weighted by Gasteiger charge is 2.30. The molecule has 0 aliphatic rings. The maximum atomic E-state index is 10.1. The predicted octanol–water partition coefficient (Wildman–Crippen LogP) is 2.04. The summed E-state index contributed by atoms with van der Waals surface area (Å²) < 4.78 is 5.04. The summed E-state index contributed by atoms with van der Waals surface area (Å²) in [7, 11) is 1.72. The number of hydrogen-bond donors (Lipinski definition) is 2. The summed E-state index contributed by atoms with van der Waals surface area (Å²) in [5.41, 5.74) is -0.0878. The molecule has 0 aliphatic heterocycles. The molecule has 0 aromatic rings. The molecule has 0 amide bonds. The minimum atomic E-state index is -0.269. The van der Waals surface area contributed by atoms with Crippen molar-refractivity contribution in [2.24, 2.45) is 11.3 Å². The highest BCUT2D eigenvalue weighted by molar-refractivity contribution is 4.83. The molecule has 98 valence electrons. The molecule has 2 N–H and O–H groups in total. The molecule has 0 spiro atoms. The molecular formula is C13H29NO2. The minimum absolute atomic E-state index is 0.0878. The van der Waals surface area contributed by atoms with Crippen LogP contribution in [0.1, 0.15) is 41.0 Å². The molecule has 0 heterocycles. The smallest absolute Gasteiger partial charge is 0.0626 e. The van der Waals surface area contributed by atoms with E-state index in [9.17, 15) is 5.11 Å². The Morgan fingerprint density at radius 2 is 1.81 bits per heavy atom. The van der Waals surface area contributed by atoms with Gasteiger partial charge < -0.3 is 15.2 Å². The van der Waals surface area contributed by atoms with Crippen LogP contribution in [0.4, 0.5) is 0 Å². The van der Waals surface area contributed by atoms with E-state index in [1.165, 1.54) is 0 Å². The van der Waals surface area contributed by atoms with Crippen LogP contribution in [0.25, 0.3) is 0 Å². The van der Waals surface area contributed by atoms with Crippen LogP contribution >= 0.6 is 0 Å². The molecule has 2 unspecified atom stereocenters. The zero-order valence-electron chi connectivity index (χ0n) is 11.7. The highest BCUT2D eigenvalue weighted by Crippen LogP contribution is 2.25. The molecule has 0 rings (SSSR count). The fraction of sp³-hybridized carbons (Fsp3) is 1.00. The summed E-state index contributed by atoms with van der Waals surface area (Å²) in [5, 5.41) is 13.5. The van der Waals surface area contributed by atoms with Crippen LogP contribution in [0.3, 0.4) is 0 Å². The number of ether oxygens (including phenoxy) is 1. The normalized spacial score (nSPS) is 16.5. The van der Waals surface area contributed by atoms with Crippen molar-refractivity contribution in [1.29, 1.82) is 0 Å². The number of methoxy groups -OCH3 is 1. The average Bonchev–Trinajstić information content (AvgIpc) is 2.22. The molecule has 16 heavy (non-hydrogen) atoms. The fourth-order valence-electron chi connectivity index (χ4n) is 1.84. The van der Waals surface area contributed by atoms with Crippen LogP contribution in [-0.4, -0.2) is 37.5 Å². The van der Waals surface area contributed by atoms with Gasteiger partial charge in [-0.05, 0) is 19.3 Å². The molecule has 0 aromatic carbocycles. The lowest BCUT2D eigenvalue weighted by Crippen LogP contribution is -2.44. The van der Waals surface area contributed by atoms with Crippen molar-refractivity contribution in [1.82, 2.24) is 5.32 Å². The third kappa shape index (κ3) is 5.83. The van der Waals surface area contributed by atoms with E-state index in [1.807, 2.05) is 0 Å². The van der Waals surface area contributed by atoms with Gasteiger partial charge in [0.2, 0.25) is 0 Å². The first kappa shape index (κ1) is 15.9. The SMILES string of the molecule is COCCC(C)NCC(C)(C)C(O)C(C)C. The second-order valence-electron chi connectivity index (χ2n) is 5.74. The van der Waals surface area contributed by atoms with E-state index in [4.69, 9.17) is 4.74 Å². The van der Waals surface area contributed by atoms with E-state index >= 15 is 0 Å². The van der Waals surface area contributed by atoms with Gasteiger partial charge in [0.25, 0.3) is 0 Å². The van der Waals surface area contributed by atoms with Crippen LogP contribution in [0.5, 0.6) is 0 Å². The third-order valence-electron chi connectivity index (χ3n) is 3.09. The fourth-order valence-corrected chi connectivity index (χ4v) is 1.84. The first-order valence-electron chi connectivity index (χ1n) is 6.21. The van der Waals surface area contributed by atoms with Crippen molar-refractivity contribution in [3.8, 4) is 0 Å². The standard InChI is InChI=1S/C13H29NO2/c1-10(2)12(15)13(4,5)9-14-11(3)7-8-16-6/h10-12,14-15H,7-9H2,1-6H3. The van der Waals surface area contributed by atoms with Crippen LogP contribution in [0.15, 0.2) is 0 Å². The predicted molar refractivity (Wildman–Crippen MR) is 68.6 cm³/mol. The van der Waals surface area contributed by atoms with Crippen LogP contribution < -0.4 is 5.32 Å². The molecule has 0 saturated carbocycles. The van der Waals surface area contributed by atoms with E-state index in [0.717, 1.165) is 19.6 Å². The number of aliphatic hydroxyl groups excluding tert-OH is 1. The molecule has 0 saturated heterocycles. The average molecular weight is 231 g/mol. The van der Waals surface area contributed by atoms with Gasteiger partial charge in [-0.3, -0.25) is 0 Å². The summed E-state index contributed by atoms with van der Waals surface area (Å²) in [6, 6.07) is 0.429. The molecule has 0 aromatic heterocycles. The van der Waals surface area contributed by atoms with Crippen molar-refractivity contribution < 1.29 is 9.84 Å². The van der Waals surface area contributed by atoms with Gasteiger partial charge in [-0.2, -0.15) is 0 Å². The lowest BCUT2D eigenvalue weighted by atomic mass is 9.80. The van der Waals surface area contributed by atoms with Gasteiger partial charge in [-0.25, -0.2) is 0 Å². The number of nitrogens with one attached hydrogen (secondary N) is 1. The number of hydrogen-bond acceptors (Lipinski definition) is 3. The van der Waals surface area contributed by atoms with Crippen LogP contribution in [-0.2, 0) is 4.74 Å². The Balaban J connectivity index is 3.97. The molecular weight excluding hydrogens is 202 g/mol. The van der Waals surface area contributed by atoms with Crippen molar-refractivity contribution in [2.75, 3.05) is 20.3 Å². The summed E-state index contributed by atoms with van der Waals surface area (Å²) in [6.07, 6.45) is 0.735. The van der Waals surface area contributed by atoms with Crippen molar-refractivity contribution >= 4 is 0 Å². The first-order chi connectivity index (χ1) is 7.31. The Morgan fingerprint density at radius 1 is 1.25 bits per heavy atom. The topological polar surface area (TPSA) is 41.5 Å². The van der Waals surface area contributed by atoms with Gasteiger partial charge in [-0.15, -0.1) is 0 Å². The van der Waals surface area contributed by atoms with E-state index in [2.05, 4.69) is 39.9 Å². The maximum Gasteiger partial charge on any atom is 0.0626 e. The molecule has 0 bridgehead atoms. The molecule has 3 heteroatoms. The zero-order valence-corrected chi connectivity index (χ0v) is 11.7. The highest BCUT2D eigenvalue weighted by atomic mass is 16.5. The van der Waals surface area contributed by atoms with Crippen molar-refractivity contribution in [2.45, 2.75) is 53.2 Å². The van der Waals surface area contributed by atoms with Crippen LogP contribution in [0.2, 0.25) is 0 Å².